The minimum Gasteiger partial charge on any atom is -0.482 e. The Bertz CT molecular complexity index is 1020. The number of hydrogen-bond acceptors (Lipinski definition) is 10. The highest BCUT2D eigenvalue weighted by molar-refractivity contribution is 7.18. The number of esters is 3. The molecule has 0 radical (unpaired) electrons. The van der Waals surface area contributed by atoms with E-state index in [9.17, 15) is 19.2 Å². The third kappa shape index (κ3) is 4.06. The molecule has 0 saturated heterocycles. The van der Waals surface area contributed by atoms with Gasteiger partial charge >= 0.3 is 17.9 Å². The summed E-state index contributed by atoms with van der Waals surface area (Å²) >= 11 is 0.826. The Morgan fingerprint density at radius 2 is 1.87 bits per heavy atom. The number of ether oxygens (including phenoxy) is 4. The van der Waals surface area contributed by atoms with Crippen LogP contribution in [0.25, 0.3) is 0 Å². The van der Waals surface area contributed by atoms with Crippen LogP contribution in [0.3, 0.4) is 0 Å². The largest absolute Gasteiger partial charge is 0.482 e. The minimum absolute atomic E-state index is 0.0241. The second-order valence-electron chi connectivity index (χ2n) is 6.03. The van der Waals surface area contributed by atoms with Gasteiger partial charge in [-0.25, -0.2) is 9.59 Å². The molecule has 1 aromatic heterocycles. The number of amides is 1. The van der Waals surface area contributed by atoms with Crippen molar-refractivity contribution in [3.05, 3.63) is 40.3 Å². The molecule has 0 aliphatic carbocycles. The molecule has 1 aliphatic rings. The van der Waals surface area contributed by atoms with E-state index in [1.807, 2.05) is 0 Å². The van der Waals surface area contributed by atoms with E-state index in [0.29, 0.717) is 11.4 Å². The van der Waals surface area contributed by atoms with Crippen molar-refractivity contribution in [2.45, 2.75) is 6.61 Å². The molecule has 2 N–H and O–H groups in total. The predicted molar refractivity (Wildman–Crippen MR) is 105 cm³/mol. The number of carbonyl (C=O) groups excluding carboxylic acids is 4. The molecule has 2 aromatic rings. The van der Waals surface area contributed by atoms with Crippen LogP contribution in [0.4, 0.5) is 10.7 Å². The van der Waals surface area contributed by atoms with Gasteiger partial charge in [0.15, 0.2) is 6.61 Å². The average Bonchev–Trinajstić information content (AvgIpc) is 3.09. The van der Waals surface area contributed by atoms with Crippen LogP contribution in [-0.4, -0.2) is 51.2 Å². The Morgan fingerprint density at radius 1 is 1.17 bits per heavy atom. The number of benzene rings is 1. The summed E-state index contributed by atoms with van der Waals surface area (Å²) in [5.41, 5.74) is 6.30. The number of para-hydroxylation sites is 2. The Hall–Kier alpha value is -3.60. The fourth-order valence-electron chi connectivity index (χ4n) is 2.86. The highest BCUT2D eigenvalue weighted by atomic mass is 32.1. The first-order valence-corrected chi connectivity index (χ1v) is 9.44. The molecule has 2 heterocycles. The van der Waals surface area contributed by atoms with E-state index in [1.54, 1.807) is 24.3 Å². The number of thiophene rings is 1. The third-order valence-electron chi connectivity index (χ3n) is 4.27. The van der Waals surface area contributed by atoms with Gasteiger partial charge in [0.05, 0.1) is 19.9 Å². The van der Waals surface area contributed by atoms with Gasteiger partial charge in [0.1, 0.15) is 34.3 Å². The summed E-state index contributed by atoms with van der Waals surface area (Å²) < 4.78 is 20.0. The monoisotopic (exact) mass is 434 g/mol. The average molecular weight is 434 g/mol. The standard InChI is InChI=1S/C19H18N2O8S/c1-26-18(24)15-10(16(19(25)27-2)30-17(15)20)8-29-14(23)7-21-11-5-3-4-6-12(11)28-9-13(21)22/h3-6H,7-9,20H2,1-2H3. The Kier molecular flexibility index (Phi) is 6.21. The highest BCUT2D eigenvalue weighted by Crippen LogP contribution is 2.34. The molecular formula is C19H18N2O8S. The maximum atomic E-state index is 12.4. The molecule has 0 fully saturated rings. The number of methoxy groups -OCH3 is 2. The first-order valence-electron chi connectivity index (χ1n) is 8.63. The molecule has 11 heteroatoms. The van der Waals surface area contributed by atoms with Crippen molar-refractivity contribution in [1.82, 2.24) is 0 Å². The number of hydrogen-bond donors (Lipinski definition) is 1. The van der Waals surface area contributed by atoms with Gasteiger partial charge in [0.25, 0.3) is 5.91 Å². The molecule has 0 bridgehead atoms. The summed E-state index contributed by atoms with van der Waals surface area (Å²) in [6.45, 7) is -1.01. The lowest BCUT2D eigenvalue weighted by atomic mass is 10.1. The maximum Gasteiger partial charge on any atom is 0.348 e. The summed E-state index contributed by atoms with van der Waals surface area (Å²) in [7, 11) is 2.34. The van der Waals surface area contributed by atoms with Crippen LogP contribution in [-0.2, 0) is 30.4 Å². The van der Waals surface area contributed by atoms with E-state index in [4.69, 9.17) is 24.7 Å². The van der Waals surface area contributed by atoms with E-state index in [1.165, 1.54) is 12.0 Å². The molecule has 0 spiro atoms. The van der Waals surface area contributed by atoms with Gasteiger partial charge in [-0.2, -0.15) is 0 Å². The number of rotatable bonds is 6. The SMILES string of the molecule is COC(=O)c1sc(N)c(C(=O)OC)c1COC(=O)CN1C(=O)COc2ccccc21. The van der Waals surface area contributed by atoms with Crippen LogP contribution in [0.5, 0.6) is 5.75 Å². The number of carbonyl (C=O) groups is 4. The molecule has 30 heavy (non-hydrogen) atoms. The topological polar surface area (TPSA) is 134 Å². The van der Waals surface area contributed by atoms with Crippen LogP contribution in [0, 0.1) is 0 Å². The fourth-order valence-corrected chi connectivity index (χ4v) is 3.84. The summed E-state index contributed by atoms with van der Waals surface area (Å²) in [5.74, 6) is -2.20. The lowest BCUT2D eigenvalue weighted by molar-refractivity contribution is -0.144. The van der Waals surface area contributed by atoms with E-state index in [-0.39, 0.29) is 34.2 Å². The van der Waals surface area contributed by atoms with Gasteiger partial charge in [-0.05, 0) is 12.1 Å². The third-order valence-corrected chi connectivity index (χ3v) is 5.31. The lowest BCUT2D eigenvalue weighted by Crippen LogP contribution is -2.42. The van der Waals surface area contributed by atoms with E-state index in [0.717, 1.165) is 18.4 Å². The lowest BCUT2D eigenvalue weighted by Gasteiger charge is -2.28. The maximum absolute atomic E-state index is 12.4. The summed E-state index contributed by atoms with van der Waals surface area (Å²) in [6, 6.07) is 6.77. The van der Waals surface area contributed by atoms with Crippen LogP contribution < -0.4 is 15.4 Å². The van der Waals surface area contributed by atoms with Crippen molar-refractivity contribution >= 4 is 45.8 Å². The zero-order valence-corrected chi connectivity index (χ0v) is 16.9. The van der Waals surface area contributed by atoms with Crippen molar-refractivity contribution in [2.24, 2.45) is 0 Å². The van der Waals surface area contributed by atoms with Gasteiger partial charge in [-0.1, -0.05) is 12.1 Å². The van der Waals surface area contributed by atoms with Gasteiger partial charge in [-0.15, -0.1) is 11.3 Å². The smallest absolute Gasteiger partial charge is 0.348 e. The highest BCUT2D eigenvalue weighted by Gasteiger charge is 2.30. The van der Waals surface area contributed by atoms with Gasteiger partial charge in [0, 0.05) is 5.56 Å². The Balaban J connectivity index is 1.79. The second-order valence-corrected chi connectivity index (χ2v) is 7.08. The number of nitrogens with zero attached hydrogens (tertiary/aromatic N) is 1. The molecule has 1 aromatic carbocycles. The zero-order valence-electron chi connectivity index (χ0n) is 16.1. The van der Waals surface area contributed by atoms with Crippen molar-refractivity contribution in [1.29, 1.82) is 0 Å². The Morgan fingerprint density at radius 3 is 2.57 bits per heavy atom. The number of nitrogen functional groups attached to an aromatic ring is 1. The quantitative estimate of drug-likeness (QED) is 0.528. The van der Waals surface area contributed by atoms with Gasteiger partial charge in [0.2, 0.25) is 0 Å². The molecule has 0 unspecified atom stereocenters. The summed E-state index contributed by atoms with van der Waals surface area (Å²) in [4.78, 5) is 50.0. The molecule has 158 valence electrons. The summed E-state index contributed by atoms with van der Waals surface area (Å²) in [5, 5.41) is 0.0329. The Labute approximate surface area is 175 Å². The van der Waals surface area contributed by atoms with Crippen molar-refractivity contribution in [3.63, 3.8) is 0 Å². The number of nitrogens with two attached hydrogens (primary N) is 1. The molecular weight excluding hydrogens is 416 g/mol. The molecule has 3 rings (SSSR count). The van der Waals surface area contributed by atoms with E-state index in [2.05, 4.69) is 0 Å². The van der Waals surface area contributed by atoms with Crippen LogP contribution in [0.2, 0.25) is 0 Å². The van der Waals surface area contributed by atoms with Gasteiger partial charge in [-0.3, -0.25) is 14.5 Å². The second kappa shape index (κ2) is 8.82. The van der Waals surface area contributed by atoms with E-state index < -0.39 is 30.4 Å². The number of fused-ring (bicyclic) bond motifs is 1. The molecule has 0 atom stereocenters. The van der Waals surface area contributed by atoms with Crippen LogP contribution in [0.1, 0.15) is 25.6 Å². The molecule has 1 amide bonds. The molecule has 0 saturated carbocycles. The first-order chi connectivity index (χ1) is 14.4. The molecule has 10 nitrogen and oxygen atoms in total. The normalized spacial score (nSPS) is 12.6. The fraction of sp³-hybridized carbons (Fsp3) is 0.263. The van der Waals surface area contributed by atoms with E-state index >= 15 is 0 Å². The van der Waals surface area contributed by atoms with Crippen LogP contribution in [0.15, 0.2) is 24.3 Å². The number of anilines is 2. The summed E-state index contributed by atoms with van der Waals surface area (Å²) in [6.07, 6.45) is 0. The zero-order chi connectivity index (χ0) is 21.8. The van der Waals surface area contributed by atoms with Crippen molar-refractivity contribution in [2.75, 3.05) is 38.0 Å². The minimum atomic E-state index is -0.776. The predicted octanol–water partition coefficient (Wildman–Crippen LogP) is 1.37. The first kappa shape index (κ1) is 21.1. The van der Waals surface area contributed by atoms with Crippen molar-refractivity contribution in [3.8, 4) is 5.75 Å². The van der Waals surface area contributed by atoms with Gasteiger partial charge < -0.3 is 24.7 Å². The molecule has 1 aliphatic heterocycles. The van der Waals surface area contributed by atoms with Crippen molar-refractivity contribution < 1.29 is 38.1 Å². The van der Waals surface area contributed by atoms with Crippen LogP contribution >= 0.6 is 11.3 Å².